The predicted octanol–water partition coefficient (Wildman–Crippen LogP) is 3.99. The van der Waals surface area contributed by atoms with Gasteiger partial charge in [-0.15, -0.1) is 11.3 Å². The lowest BCUT2D eigenvalue weighted by Gasteiger charge is -2.09. The molecule has 0 radical (unpaired) electrons. The van der Waals surface area contributed by atoms with Crippen LogP contribution in [0.2, 0.25) is 0 Å². The van der Waals surface area contributed by atoms with Crippen molar-refractivity contribution >= 4 is 28.9 Å². The average Bonchev–Trinajstić information content (AvgIpc) is 2.94. The van der Waals surface area contributed by atoms with Crippen LogP contribution in [0.1, 0.15) is 37.0 Å². The quantitative estimate of drug-likeness (QED) is 0.633. The fourth-order valence-corrected chi connectivity index (χ4v) is 4.14. The molecule has 0 fully saturated rings. The van der Waals surface area contributed by atoms with Crippen molar-refractivity contribution in [2.75, 3.05) is 0 Å². The SMILES string of the molecule is CC(=O)Cc1ccc(Sc2nc(CC(C)C)nc(-n3cc(C)sc3=N)n2)cc1. The summed E-state index contributed by atoms with van der Waals surface area (Å²) in [5.74, 6) is 1.78. The molecule has 0 aliphatic heterocycles. The minimum absolute atomic E-state index is 0.148. The molecule has 1 N–H and O–H groups in total. The number of nitrogens with zero attached hydrogens (tertiary/aromatic N) is 4. The number of Topliss-reactive ketones (excluding diaryl/α,β-unsaturated/α-hetero) is 1. The number of hydrogen-bond acceptors (Lipinski definition) is 7. The molecule has 3 aromatic rings. The van der Waals surface area contributed by atoms with E-state index in [1.54, 1.807) is 11.5 Å². The summed E-state index contributed by atoms with van der Waals surface area (Å²) in [6, 6.07) is 7.87. The highest BCUT2D eigenvalue weighted by Crippen LogP contribution is 2.26. The lowest BCUT2D eigenvalue weighted by Crippen LogP contribution is -2.16. The molecule has 0 saturated carbocycles. The molecule has 28 heavy (non-hydrogen) atoms. The lowest BCUT2D eigenvalue weighted by atomic mass is 10.1. The summed E-state index contributed by atoms with van der Waals surface area (Å²) in [5, 5.41) is 8.77. The normalized spacial score (nSPS) is 11.2. The first-order valence-electron chi connectivity index (χ1n) is 9.05. The maximum absolute atomic E-state index is 11.3. The van der Waals surface area contributed by atoms with E-state index < -0.39 is 0 Å². The lowest BCUT2D eigenvalue weighted by molar-refractivity contribution is -0.116. The molecule has 8 heteroatoms. The fourth-order valence-electron chi connectivity index (χ4n) is 2.68. The molecule has 0 aliphatic rings. The Balaban J connectivity index is 1.93. The van der Waals surface area contributed by atoms with E-state index in [4.69, 9.17) is 5.41 Å². The first-order valence-corrected chi connectivity index (χ1v) is 10.7. The number of hydrogen-bond donors (Lipinski definition) is 1. The summed E-state index contributed by atoms with van der Waals surface area (Å²) in [4.78, 5) is 27.5. The van der Waals surface area contributed by atoms with Crippen LogP contribution in [-0.4, -0.2) is 25.3 Å². The minimum atomic E-state index is 0.148. The monoisotopic (exact) mass is 413 g/mol. The molecule has 0 bridgehead atoms. The molecule has 6 nitrogen and oxygen atoms in total. The van der Waals surface area contributed by atoms with Gasteiger partial charge in [0, 0.05) is 28.8 Å². The highest BCUT2D eigenvalue weighted by atomic mass is 32.2. The van der Waals surface area contributed by atoms with E-state index >= 15 is 0 Å². The van der Waals surface area contributed by atoms with Crippen LogP contribution in [0.5, 0.6) is 0 Å². The third kappa shape index (κ3) is 5.36. The van der Waals surface area contributed by atoms with Crippen molar-refractivity contribution in [3.63, 3.8) is 0 Å². The van der Waals surface area contributed by atoms with Crippen molar-refractivity contribution in [1.29, 1.82) is 5.41 Å². The molecular formula is C20H23N5OS2. The van der Waals surface area contributed by atoms with Crippen LogP contribution in [0.4, 0.5) is 0 Å². The van der Waals surface area contributed by atoms with E-state index in [0.717, 1.165) is 27.6 Å². The Hall–Kier alpha value is -2.32. The van der Waals surface area contributed by atoms with Gasteiger partial charge < -0.3 is 0 Å². The Kier molecular flexibility index (Phi) is 6.41. The van der Waals surface area contributed by atoms with Gasteiger partial charge in [-0.2, -0.15) is 9.97 Å². The molecule has 2 aromatic heterocycles. The topological polar surface area (TPSA) is 84.5 Å². The molecule has 1 aromatic carbocycles. The molecule has 0 unspecified atom stereocenters. The Morgan fingerprint density at radius 1 is 1.21 bits per heavy atom. The minimum Gasteiger partial charge on any atom is -0.300 e. The standard InChI is InChI=1S/C20H23N5OS2/c1-12(2)9-17-22-19(25-11-14(4)27-18(25)21)24-20(23-17)28-16-7-5-15(6-8-16)10-13(3)26/h5-8,11-12,21H,9-10H2,1-4H3. The second-order valence-corrected chi connectivity index (χ2v) is 9.35. The Morgan fingerprint density at radius 3 is 2.50 bits per heavy atom. The largest absolute Gasteiger partial charge is 0.300 e. The van der Waals surface area contributed by atoms with Crippen LogP contribution in [0.15, 0.2) is 40.5 Å². The van der Waals surface area contributed by atoms with Crippen LogP contribution in [-0.2, 0) is 17.6 Å². The van der Waals surface area contributed by atoms with Gasteiger partial charge in [-0.05, 0) is 49.2 Å². The molecule has 2 heterocycles. The van der Waals surface area contributed by atoms with Crippen LogP contribution >= 0.6 is 23.1 Å². The van der Waals surface area contributed by atoms with Crippen molar-refractivity contribution in [3.8, 4) is 5.95 Å². The summed E-state index contributed by atoms with van der Waals surface area (Å²) in [5.41, 5.74) is 0.997. The first kappa shape index (κ1) is 20.4. The van der Waals surface area contributed by atoms with Gasteiger partial charge in [-0.1, -0.05) is 26.0 Å². The summed E-state index contributed by atoms with van der Waals surface area (Å²) in [7, 11) is 0. The molecule has 0 amide bonds. The summed E-state index contributed by atoms with van der Waals surface area (Å²) >= 11 is 2.85. The zero-order chi connectivity index (χ0) is 20.3. The molecular weight excluding hydrogens is 390 g/mol. The molecule has 146 valence electrons. The van der Waals surface area contributed by atoms with Crippen molar-refractivity contribution < 1.29 is 4.79 Å². The second kappa shape index (κ2) is 8.79. The Bertz CT molecular complexity index is 1040. The van der Waals surface area contributed by atoms with E-state index in [9.17, 15) is 4.79 Å². The number of rotatable bonds is 7. The van der Waals surface area contributed by atoms with Gasteiger partial charge in [0.2, 0.25) is 5.95 Å². The van der Waals surface area contributed by atoms with Gasteiger partial charge >= 0.3 is 0 Å². The number of ketones is 1. The fraction of sp³-hybridized carbons (Fsp3) is 0.350. The van der Waals surface area contributed by atoms with Crippen molar-refractivity contribution in [1.82, 2.24) is 19.5 Å². The van der Waals surface area contributed by atoms with E-state index in [-0.39, 0.29) is 5.78 Å². The van der Waals surface area contributed by atoms with Crippen molar-refractivity contribution in [3.05, 3.63) is 51.5 Å². The number of carbonyl (C=O) groups excluding carboxylic acids is 1. The molecule has 0 spiro atoms. The third-order valence-electron chi connectivity index (χ3n) is 3.83. The average molecular weight is 414 g/mol. The molecule has 0 saturated heterocycles. The zero-order valence-electron chi connectivity index (χ0n) is 16.4. The maximum atomic E-state index is 11.3. The number of benzene rings is 1. The van der Waals surface area contributed by atoms with E-state index in [1.165, 1.54) is 23.1 Å². The summed E-state index contributed by atoms with van der Waals surface area (Å²) in [6.45, 7) is 7.81. The number of carbonyl (C=O) groups is 1. The molecule has 0 atom stereocenters. The van der Waals surface area contributed by atoms with Crippen molar-refractivity contribution in [2.45, 2.75) is 50.6 Å². The van der Waals surface area contributed by atoms with Gasteiger partial charge in [0.25, 0.3) is 0 Å². The molecule has 3 rings (SSSR count). The zero-order valence-corrected chi connectivity index (χ0v) is 18.0. The van der Waals surface area contributed by atoms with Crippen LogP contribution in [0.25, 0.3) is 5.95 Å². The predicted molar refractivity (Wildman–Crippen MR) is 111 cm³/mol. The van der Waals surface area contributed by atoms with Crippen LogP contribution in [0, 0.1) is 18.3 Å². The third-order valence-corrected chi connectivity index (χ3v) is 5.52. The van der Waals surface area contributed by atoms with Gasteiger partial charge in [0.05, 0.1) is 0 Å². The summed E-state index contributed by atoms with van der Waals surface area (Å²) < 4.78 is 1.70. The number of aryl methyl sites for hydroxylation is 1. The maximum Gasteiger partial charge on any atom is 0.240 e. The number of nitrogens with one attached hydrogen (secondary N) is 1. The number of aromatic nitrogens is 4. The highest BCUT2D eigenvalue weighted by Gasteiger charge is 2.13. The van der Waals surface area contributed by atoms with Crippen LogP contribution < -0.4 is 4.80 Å². The van der Waals surface area contributed by atoms with E-state index in [1.807, 2.05) is 37.4 Å². The van der Waals surface area contributed by atoms with Gasteiger partial charge in [0.1, 0.15) is 11.6 Å². The number of thiazole rings is 1. The van der Waals surface area contributed by atoms with E-state index in [0.29, 0.717) is 28.2 Å². The highest BCUT2D eigenvalue weighted by molar-refractivity contribution is 7.99. The molecule has 0 aliphatic carbocycles. The van der Waals surface area contributed by atoms with Gasteiger partial charge in [-0.3, -0.25) is 14.8 Å². The Labute approximate surface area is 172 Å². The van der Waals surface area contributed by atoms with Crippen molar-refractivity contribution in [2.24, 2.45) is 5.92 Å². The van der Waals surface area contributed by atoms with E-state index in [2.05, 4.69) is 28.8 Å². The van der Waals surface area contributed by atoms with Gasteiger partial charge in [0.15, 0.2) is 9.96 Å². The van der Waals surface area contributed by atoms with Crippen LogP contribution in [0.3, 0.4) is 0 Å². The Morgan fingerprint density at radius 2 is 1.93 bits per heavy atom. The first-order chi connectivity index (χ1) is 13.3. The second-order valence-electron chi connectivity index (χ2n) is 7.07. The van der Waals surface area contributed by atoms with Gasteiger partial charge in [-0.25, -0.2) is 4.98 Å². The summed E-state index contributed by atoms with van der Waals surface area (Å²) in [6.07, 6.45) is 3.07. The smallest absolute Gasteiger partial charge is 0.240 e.